The SMILES string of the molecule is CCOc1ccccc1/C=C/C(=O)O[C@@H](C)C(=O)NC(=O)NC1CCCC1. The van der Waals surface area contributed by atoms with Crippen LogP contribution in [0.2, 0.25) is 0 Å². The number of hydrogen-bond acceptors (Lipinski definition) is 5. The lowest BCUT2D eigenvalue weighted by Crippen LogP contribution is -2.47. The number of amides is 3. The number of hydrogen-bond donors (Lipinski definition) is 2. The Morgan fingerprint density at radius 3 is 2.63 bits per heavy atom. The quantitative estimate of drug-likeness (QED) is 0.565. The molecule has 1 atom stereocenters. The third-order valence-electron chi connectivity index (χ3n) is 4.21. The molecule has 2 rings (SSSR count). The van der Waals surface area contributed by atoms with Crippen LogP contribution in [0.15, 0.2) is 30.3 Å². The smallest absolute Gasteiger partial charge is 0.331 e. The van der Waals surface area contributed by atoms with E-state index in [-0.39, 0.29) is 6.04 Å². The Bertz CT molecular complexity index is 695. The van der Waals surface area contributed by atoms with Crippen molar-refractivity contribution in [3.05, 3.63) is 35.9 Å². The fraction of sp³-hybridized carbons (Fsp3) is 0.450. The summed E-state index contributed by atoms with van der Waals surface area (Å²) in [5, 5.41) is 4.94. The number of para-hydroxylation sites is 1. The minimum Gasteiger partial charge on any atom is -0.493 e. The maximum absolute atomic E-state index is 12.0. The molecule has 1 aliphatic rings. The van der Waals surface area contributed by atoms with E-state index in [1.54, 1.807) is 18.2 Å². The third-order valence-corrected chi connectivity index (χ3v) is 4.21. The molecule has 0 spiro atoms. The van der Waals surface area contributed by atoms with E-state index < -0.39 is 24.0 Å². The van der Waals surface area contributed by atoms with Crippen LogP contribution in [0.3, 0.4) is 0 Å². The summed E-state index contributed by atoms with van der Waals surface area (Å²) in [5.74, 6) is -0.694. The molecule has 3 amide bonds. The molecule has 0 radical (unpaired) electrons. The standard InChI is InChI=1S/C20H26N2O5/c1-3-26-17-11-7-4-8-15(17)12-13-18(23)27-14(2)19(24)22-20(25)21-16-9-5-6-10-16/h4,7-8,11-14,16H,3,5-6,9-10H2,1-2H3,(H2,21,22,24,25)/b13-12+/t14-/m0/s1. The molecule has 0 aromatic heterocycles. The minimum atomic E-state index is -1.08. The van der Waals surface area contributed by atoms with Crippen molar-refractivity contribution in [2.75, 3.05) is 6.61 Å². The molecule has 1 fully saturated rings. The molecular weight excluding hydrogens is 348 g/mol. The van der Waals surface area contributed by atoms with E-state index in [4.69, 9.17) is 9.47 Å². The number of esters is 1. The van der Waals surface area contributed by atoms with Gasteiger partial charge in [0.15, 0.2) is 6.10 Å². The molecule has 1 saturated carbocycles. The van der Waals surface area contributed by atoms with Crippen molar-refractivity contribution < 1.29 is 23.9 Å². The molecule has 0 bridgehead atoms. The van der Waals surface area contributed by atoms with E-state index in [9.17, 15) is 14.4 Å². The van der Waals surface area contributed by atoms with Gasteiger partial charge in [0.05, 0.1) is 6.61 Å². The van der Waals surface area contributed by atoms with Crippen LogP contribution >= 0.6 is 0 Å². The summed E-state index contributed by atoms with van der Waals surface area (Å²) in [6, 6.07) is 6.81. The van der Waals surface area contributed by atoms with Gasteiger partial charge >= 0.3 is 12.0 Å². The summed E-state index contributed by atoms with van der Waals surface area (Å²) in [7, 11) is 0. The first-order chi connectivity index (χ1) is 13.0. The van der Waals surface area contributed by atoms with Gasteiger partial charge in [0.25, 0.3) is 5.91 Å². The molecule has 146 valence electrons. The van der Waals surface area contributed by atoms with Gasteiger partial charge in [0, 0.05) is 17.7 Å². The summed E-state index contributed by atoms with van der Waals surface area (Å²) in [6.07, 6.45) is 5.68. The van der Waals surface area contributed by atoms with E-state index in [1.165, 1.54) is 13.0 Å². The fourth-order valence-corrected chi connectivity index (χ4v) is 2.84. The molecule has 7 heteroatoms. The molecule has 0 unspecified atom stereocenters. The van der Waals surface area contributed by atoms with Crippen LogP contribution in [0, 0.1) is 0 Å². The van der Waals surface area contributed by atoms with Crippen LogP contribution in [0.4, 0.5) is 4.79 Å². The number of benzene rings is 1. The summed E-state index contributed by atoms with van der Waals surface area (Å²) >= 11 is 0. The van der Waals surface area contributed by atoms with Crippen molar-refractivity contribution >= 4 is 24.0 Å². The monoisotopic (exact) mass is 374 g/mol. The zero-order valence-corrected chi connectivity index (χ0v) is 15.7. The Morgan fingerprint density at radius 1 is 1.22 bits per heavy atom. The second-order valence-electron chi connectivity index (χ2n) is 6.33. The lowest BCUT2D eigenvalue weighted by Gasteiger charge is -2.15. The number of ether oxygens (including phenoxy) is 2. The van der Waals surface area contributed by atoms with Gasteiger partial charge in [-0.3, -0.25) is 10.1 Å². The zero-order chi connectivity index (χ0) is 19.6. The molecule has 0 aliphatic heterocycles. The van der Waals surface area contributed by atoms with E-state index in [0.717, 1.165) is 31.2 Å². The van der Waals surface area contributed by atoms with Crippen LogP contribution < -0.4 is 15.4 Å². The van der Waals surface area contributed by atoms with E-state index in [0.29, 0.717) is 12.4 Å². The number of carbonyl (C=O) groups excluding carboxylic acids is 3. The average Bonchev–Trinajstić information content (AvgIpc) is 3.14. The lowest BCUT2D eigenvalue weighted by molar-refractivity contribution is -0.149. The van der Waals surface area contributed by atoms with Crippen molar-refractivity contribution in [3.63, 3.8) is 0 Å². The second-order valence-corrected chi connectivity index (χ2v) is 6.33. The zero-order valence-electron chi connectivity index (χ0n) is 15.7. The molecule has 1 aliphatic carbocycles. The summed E-state index contributed by atoms with van der Waals surface area (Å²) < 4.78 is 10.5. The number of carbonyl (C=O) groups is 3. The van der Waals surface area contributed by atoms with Crippen molar-refractivity contribution in [2.24, 2.45) is 0 Å². The molecule has 2 N–H and O–H groups in total. The Morgan fingerprint density at radius 2 is 1.93 bits per heavy atom. The van der Waals surface area contributed by atoms with Crippen molar-refractivity contribution in [3.8, 4) is 5.75 Å². The van der Waals surface area contributed by atoms with Gasteiger partial charge in [-0.2, -0.15) is 0 Å². The molecule has 7 nitrogen and oxygen atoms in total. The van der Waals surface area contributed by atoms with Crippen molar-refractivity contribution in [2.45, 2.75) is 51.7 Å². The van der Waals surface area contributed by atoms with Gasteiger partial charge in [0.1, 0.15) is 5.75 Å². The number of rotatable bonds is 7. The molecular formula is C20H26N2O5. The first-order valence-corrected chi connectivity index (χ1v) is 9.21. The van der Waals surface area contributed by atoms with Gasteiger partial charge < -0.3 is 14.8 Å². The van der Waals surface area contributed by atoms with Gasteiger partial charge in [-0.05, 0) is 38.8 Å². The highest BCUT2D eigenvalue weighted by Crippen LogP contribution is 2.19. The maximum Gasteiger partial charge on any atom is 0.331 e. The number of nitrogens with one attached hydrogen (secondary N) is 2. The Labute approximate surface area is 159 Å². The fourth-order valence-electron chi connectivity index (χ4n) is 2.84. The van der Waals surface area contributed by atoms with E-state index in [1.807, 2.05) is 19.1 Å². The molecule has 0 heterocycles. The highest BCUT2D eigenvalue weighted by atomic mass is 16.5. The van der Waals surface area contributed by atoms with Crippen LogP contribution in [0.5, 0.6) is 5.75 Å². The Balaban J connectivity index is 1.81. The highest BCUT2D eigenvalue weighted by molar-refractivity contribution is 5.98. The highest BCUT2D eigenvalue weighted by Gasteiger charge is 2.22. The normalized spacial score (nSPS) is 15.3. The summed E-state index contributed by atoms with van der Waals surface area (Å²) in [6.45, 7) is 3.80. The lowest BCUT2D eigenvalue weighted by atomic mass is 10.2. The summed E-state index contributed by atoms with van der Waals surface area (Å²) in [4.78, 5) is 35.7. The first kappa shape index (κ1) is 20.5. The largest absolute Gasteiger partial charge is 0.493 e. The van der Waals surface area contributed by atoms with E-state index in [2.05, 4.69) is 10.6 Å². The third kappa shape index (κ3) is 6.77. The van der Waals surface area contributed by atoms with Gasteiger partial charge in [-0.1, -0.05) is 31.0 Å². The molecule has 0 saturated heterocycles. The average molecular weight is 374 g/mol. The van der Waals surface area contributed by atoms with Crippen LogP contribution in [-0.4, -0.2) is 36.7 Å². The van der Waals surface area contributed by atoms with Gasteiger partial charge in [0.2, 0.25) is 0 Å². The maximum atomic E-state index is 12.0. The van der Waals surface area contributed by atoms with Crippen molar-refractivity contribution in [1.29, 1.82) is 0 Å². The van der Waals surface area contributed by atoms with Crippen LogP contribution in [-0.2, 0) is 14.3 Å². The van der Waals surface area contributed by atoms with E-state index >= 15 is 0 Å². The van der Waals surface area contributed by atoms with Crippen LogP contribution in [0.25, 0.3) is 6.08 Å². The molecule has 27 heavy (non-hydrogen) atoms. The van der Waals surface area contributed by atoms with Crippen molar-refractivity contribution in [1.82, 2.24) is 10.6 Å². The van der Waals surface area contributed by atoms with Crippen LogP contribution in [0.1, 0.15) is 45.1 Å². The predicted octanol–water partition coefficient (Wildman–Crippen LogP) is 2.80. The molecule has 1 aromatic rings. The Hall–Kier alpha value is -2.83. The second kappa shape index (κ2) is 10.4. The number of imide groups is 1. The topological polar surface area (TPSA) is 93.7 Å². The Kier molecular flexibility index (Phi) is 7.85. The predicted molar refractivity (Wildman–Crippen MR) is 101 cm³/mol. The van der Waals surface area contributed by atoms with Gasteiger partial charge in [-0.25, -0.2) is 9.59 Å². The summed E-state index contributed by atoms with van der Waals surface area (Å²) in [5.41, 5.74) is 0.726. The van der Waals surface area contributed by atoms with Gasteiger partial charge in [-0.15, -0.1) is 0 Å². The minimum absolute atomic E-state index is 0.101. The molecule has 1 aromatic carbocycles. The first-order valence-electron chi connectivity index (χ1n) is 9.21. The number of urea groups is 1.